The SMILES string of the molecule is CCCCCCNC(=O)NC(c1cccnc1)C(C)OP(=O)(O)O. The van der Waals surface area contributed by atoms with E-state index < -0.39 is 26.0 Å². The summed E-state index contributed by atoms with van der Waals surface area (Å²) in [5.41, 5.74) is 0.597. The smallest absolute Gasteiger partial charge is 0.338 e. The topological polar surface area (TPSA) is 121 Å². The Morgan fingerprint density at radius 1 is 1.38 bits per heavy atom. The zero-order chi connectivity index (χ0) is 18.0. The van der Waals surface area contributed by atoms with E-state index in [0.29, 0.717) is 12.1 Å². The number of aromatic nitrogens is 1. The lowest BCUT2D eigenvalue weighted by Crippen LogP contribution is -2.42. The van der Waals surface area contributed by atoms with Crippen LogP contribution in [0.1, 0.15) is 51.1 Å². The van der Waals surface area contributed by atoms with E-state index in [0.717, 1.165) is 25.7 Å². The number of unbranched alkanes of at least 4 members (excludes halogenated alkanes) is 3. The van der Waals surface area contributed by atoms with Crippen LogP contribution < -0.4 is 10.6 Å². The van der Waals surface area contributed by atoms with Gasteiger partial charge in [0.2, 0.25) is 0 Å². The molecular formula is C15H26N3O5P. The van der Waals surface area contributed by atoms with Gasteiger partial charge < -0.3 is 20.4 Å². The number of phosphoric ester groups is 1. The Morgan fingerprint density at radius 2 is 2.12 bits per heavy atom. The molecule has 0 aliphatic carbocycles. The summed E-state index contributed by atoms with van der Waals surface area (Å²) >= 11 is 0. The monoisotopic (exact) mass is 359 g/mol. The normalized spacial score (nSPS) is 14.0. The number of nitrogens with one attached hydrogen (secondary N) is 2. The van der Waals surface area contributed by atoms with E-state index in [4.69, 9.17) is 14.3 Å². The summed E-state index contributed by atoms with van der Waals surface area (Å²) in [5, 5.41) is 5.43. The summed E-state index contributed by atoms with van der Waals surface area (Å²) in [5.74, 6) is 0. The second kappa shape index (κ2) is 10.4. The zero-order valence-corrected chi connectivity index (χ0v) is 14.9. The molecule has 0 aliphatic heterocycles. The highest BCUT2D eigenvalue weighted by Crippen LogP contribution is 2.40. The molecule has 0 fully saturated rings. The third-order valence-electron chi connectivity index (χ3n) is 3.42. The number of hydrogen-bond donors (Lipinski definition) is 4. The second-order valence-electron chi connectivity index (χ2n) is 5.53. The van der Waals surface area contributed by atoms with Crippen molar-refractivity contribution >= 4 is 13.9 Å². The fourth-order valence-electron chi connectivity index (χ4n) is 2.26. The van der Waals surface area contributed by atoms with Gasteiger partial charge in [-0.25, -0.2) is 9.36 Å². The molecule has 1 rings (SSSR count). The number of carbonyl (C=O) groups excluding carboxylic acids is 1. The second-order valence-corrected chi connectivity index (χ2v) is 6.72. The number of amides is 2. The molecule has 1 aromatic rings. The first kappa shape index (κ1) is 20.6. The van der Waals surface area contributed by atoms with Crippen molar-refractivity contribution in [2.24, 2.45) is 0 Å². The number of hydrogen-bond acceptors (Lipinski definition) is 4. The minimum absolute atomic E-state index is 0.415. The van der Waals surface area contributed by atoms with Crippen LogP contribution in [0.2, 0.25) is 0 Å². The average molecular weight is 359 g/mol. The minimum atomic E-state index is -4.67. The van der Waals surface area contributed by atoms with Gasteiger partial charge in [0.15, 0.2) is 0 Å². The lowest BCUT2D eigenvalue weighted by Gasteiger charge is -2.25. The summed E-state index contributed by atoms with van der Waals surface area (Å²) in [6, 6.07) is 2.23. The number of urea groups is 1. The van der Waals surface area contributed by atoms with E-state index in [2.05, 4.69) is 22.5 Å². The Kier molecular flexibility index (Phi) is 8.92. The van der Waals surface area contributed by atoms with Gasteiger partial charge in [0.1, 0.15) is 0 Å². The van der Waals surface area contributed by atoms with Gasteiger partial charge >= 0.3 is 13.9 Å². The van der Waals surface area contributed by atoms with Gasteiger partial charge in [0.05, 0.1) is 12.1 Å². The van der Waals surface area contributed by atoms with Gasteiger partial charge in [-0.05, 0) is 25.0 Å². The molecule has 0 saturated carbocycles. The fourth-order valence-corrected chi connectivity index (χ4v) is 2.81. The summed E-state index contributed by atoms with van der Waals surface area (Å²) in [4.78, 5) is 34.0. The van der Waals surface area contributed by atoms with Crippen LogP contribution in [0, 0.1) is 0 Å². The van der Waals surface area contributed by atoms with Gasteiger partial charge in [-0.1, -0.05) is 32.3 Å². The Labute approximate surface area is 142 Å². The van der Waals surface area contributed by atoms with E-state index in [9.17, 15) is 9.36 Å². The maximum Gasteiger partial charge on any atom is 0.469 e. The Balaban J connectivity index is 2.65. The van der Waals surface area contributed by atoms with Gasteiger partial charge in [0, 0.05) is 18.9 Å². The molecule has 0 bridgehead atoms. The first-order chi connectivity index (χ1) is 11.3. The first-order valence-electron chi connectivity index (χ1n) is 8.01. The van der Waals surface area contributed by atoms with E-state index in [-0.39, 0.29) is 0 Å². The molecule has 0 aromatic carbocycles. The molecular weight excluding hydrogens is 333 g/mol. The Hall–Kier alpha value is -1.47. The molecule has 0 aliphatic rings. The third kappa shape index (κ3) is 8.40. The molecule has 4 N–H and O–H groups in total. The molecule has 0 saturated heterocycles. The van der Waals surface area contributed by atoms with Gasteiger partial charge in [-0.2, -0.15) is 0 Å². The maximum absolute atomic E-state index is 12.0. The van der Waals surface area contributed by atoms with Crippen LogP contribution >= 0.6 is 7.82 Å². The molecule has 2 atom stereocenters. The number of phosphoric acid groups is 1. The predicted octanol–water partition coefficient (Wildman–Crippen LogP) is 2.50. The van der Waals surface area contributed by atoms with Crippen molar-refractivity contribution < 1.29 is 23.7 Å². The molecule has 0 radical (unpaired) electrons. The van der Waals surface area contributed by atoms with Crippen molar-refractivity contribution in [3.8, 4) is 0 Å². The Morgan fingerprint density at radius 3 is 2.71 bits per heavy atom. The van der Waals surface area contributed by atoms with Gasteiger partial charge in [-0.15, -0.1) is 0 Å². The lowest BCUT2D eigenvalue weighted by atomic mass is 10.0. The van der Waals surface area contributed by atoms with Crippen LogP contribution in [0.25, 0.3) is 0 Å². The molecule has 136 valence electrons. The van der Waals surface area contributed by atoms with Crippen LogP contribution in [0.15, 0.2) is 24.5 Å². The maximum atomic E-state index is 12.0. The molecule has 2 unspecified atom stereocenters. The standard InChI is InChI=1S/C15H26N3O5P/c1-3-4-5-6-10-17-15(19)18-14(12(2)23-24(20,21)22)13-8-7-9-16-11-13/h7-9,11-12,14H,3-6,10H2,1-2H3,(H2,17,18,19)(H2,20,21,22). The van der Waals surface area contributed by atoms with E-state index in [1.807, 2.05) is 0 Å². The van der Waals surface area contributed by atoms with Crippen molar-refractivity contribution in [2.45, 2.75) is 51.7 Å². The molecule has 1 aromatic heterocycles. The third-order valence-corrected chi connectivity index (χ3v) is 4.03. The number of pyridine rings is 1. The number of nitrogens with zero attached hydrogens (tertiary/aromatic N) is 1. The zero-order valence-electron chi connectivity index (χ0n) is 14.0. The van der Waals surface area contributed by atoms with E-state index in [1.165, 1.54) is 13.1 Å². The summed E-state index contributed by atoms with van der Waals surface area (Å²) in [7, 11) is -4.67. The van der Waals surface area contributed by atoms with Crippen molar-refractivity contribution in [1.29, 1.82) is 0 Å². The predicted molar refractivity (Wildman–Crippen MR) is 90.2 cm³/mol. The largest absolute Gasteiger partial charge is 0.469 e. The van der Waals surface area contributed by atoms with Crippen molar-refractivity contribution in [3.05, 3.63) is 30.1 Å². The highest BCUT2D eigenvalue weighted by Gasteiger charge is 2.28. The number of rotatable bonds is 10. The van der Waals surface area contributed by atoms with Crippen LogP contribution in [0.4, 0.5) is 4.79 Å². The van der Waals surface area contributed by atoms with Crippen LogP contribution in [-0.2, 0) is 9.09 Å². The van der Waals surface area contributed by atoms with Crippen molar-refractivity contribution in [3.63, 3.8) is 0 Å². The molecule has 1 heterocycles. The Bertz CT molecular complexity index is 537. The highest BCUT2D eigenvalue weighted by atomic mass is 31.2. The lowest BCUT2D eigenvalue weighted by molar-refractivity contribution is 0.116. The summed E-state index contributed by atoms with van der Waals surface area (Å²) in [6.45, 7) is 4.14. The van der Waals surface area contributed by atoms with Crippen LogP contribution in [0.5, 0.6) is 0 Å². The van der Waals surface area contributed by atoms with Crippen molar-refractivity contribution in [1.82, 2.24) is 15.6 Å². The minimum Gasteiger partial charge on any atom is -0.338 e. The van der Waals surface area contributed by atoms with Gasteiger partial charge in [-0.3, -0.25) is 9.51 Å². The van der Waals surface area contributed by atoms with E-state index in [1.54, 1.807) is 18.3 Å². The molecule has 8 nitrogen and oxygen atoms in total. The summed E-state index contributed by atoms with van der Waals surface area (Å²) < 4.78 is 15.8. The van der Waals surface area contributed by atoms with E-state index >= 15 is 0 Å². The molecule has 0 spiro atoms. The van der Waals surface area contributed by atoms with Crippen LogP contribution in [-0.4, -0.2) is 33.5 Å². The van der Waals surface area contributed by atoms with Crippen molar-refractivity contribution in [2.75, 3.05) is 6.54 Å². The fraction of sp³-hybridized carbons (Fsp3) is 0.600. The quantitative estimate of drug-likeness (QED) is 0.376. The first-order valence-corrected chi connectivity index (χ1v) is 9.54. The van der Waals surface area contributed by atoms with Gasteiger partial charge in [0.25, 0.3) is 0 Å². The molecule has 24 heavy (non-hydrogen) atoms. The van der Waals surface area contributed by atoms with Crippen LogP contribution in [0.3, 0.4) is 0 Å². The summed E-state index contributed by atoms with van der Waals surface area (Å²) in [6.07, 6.45) is 6.32. The molecule has 2 amide bonds. The molecule has 9 heteroatoms. The number of carbonyl (C=O) groups is 1. The highest BCUT2D eigenvalue weighted by molar-refractivity contribution is 7.46. The average Bonchev–Trinajstić information content (AvgIpc) is 2.51.